The first-order chi connectivity index (χ1) is 10.2. The maximum atomic E-state index is 12.3. The molecule has 2 saturated carbocycles. The number of fused-ring (bicyclic) bond motifs is 1. The first kappa shape index (κ1) is 13.1. The molecule has 0 radical (unpaired) electrons. The van der Waals surface area contributed by atoms with Gasteiger partial charge in [-0.3, -0.25) is 9.59 Å². The molecule has 2 aromatic heterocycles. The molecule has 4 nitrogen and oxygen atoms in total. The Morgan fingerprint density at radius 1 is 1.29 bits per heavy atom. The molecule has 4 rings (SSSR count). The van der Waals surface area contributed by atoms with E-state index in [2.05, 4.69) is 5.32 Å². The highest BCUT2D eigenvalue weighted by Gasteiger charge is 2.42. The van der Waals surface area contributed by atoms with Crippen molar-refractivity contribution in [2.75, 3.05) is 0 Å². The molecular weight excluding hydrogens is 284 g/mol. The van der Waals surface area contributed by atoms with E-state index < -0.39 is 0 Å². The summed E-state index contributed by atoms with van der Waals surface area (Å²) in [7, 11) is 0. The van der Waals surface area contributed by atoms with Gasteiger partial charge in [0.25, 0.3) is 0 Å². The molecule has 0 spiro atoms. The van der Waals surface area contributed by atoms with Crippen molar-refractivity contribution in [3.05, 3.63) is 33.9 Å². The van der Waals surface area contributed by atoms with E-state index in [4.69, 9.17) is 0 Å². The monoisotopic (exact) mass is 302 g/mol. The SMILES string of the molecule is O=C(Cn1ccc(=O)c2sccc21)NC(C1CC1)C1CC1. The van der Waals surface area contributed by atoms with Crippen LogP contribution in [0.5, 0.6) is 0 Å². The van der Waals surface area contributed by atoms with Gasteiger partial charge in [-0.2, -0.15) is 0 Å². The van der Waals surface area contributed by atoms with E-state index in [0.29, 0.717) is 24.4 Å². The van der Waals surface area contributed by atoms with E-state index in [1.165, 1.54) is 37.0 Å². The maximum absolute atomic E-state index is 12.3. The average Bonchev–Trinajstić information content (AvgIpc) is 3.38. The molecule has 0 aromatic carbocycles. The number of hydrogen-bond donors (Lipinski definition) is 1. The fourth-order valence-electron chi connectivity index (χ4n) is 3.08. The predicted molar refractivity (Wildman–Crippen MR) is 83.5 cm³/mol. The fourth-order valence-corrected chi connectivity index (χ4v) is 3.91. The van der Waals surface area contributed by atoms with E-state index in [1.807, 2.05) is 16.0 Å². The molecule has 0 atom stereocenters. The van der Waals surface area contributed by atoms with Gasteiger partial charge in [0.05, 0.1) is 10.2 Å². The summed E-state index contributed by atoms with van der Waals surface area (Å²) in [6.07, 6.45) is 6.76. The van der Waals surface area contributed by atoms with Crippen molar-refractivity contribution in [3.63, 3.8) is 0 Å². The summed E-state index contributed by atoms with van der Waals surface area (Å²) in [6.45, 7) is 0.295. The van der Waals surface area contributed by atoms with Crippen molar-refractivity contribution in [3.8, 4) is 0 Å². The highest BCUT2D eigenvalue weighted by atomic mass is 32.1. The predicted octanol–water partition coefficient (Wildman–Crippen LogP) is 2.37. The van der Waals surface area contributed by atoms with E-state index in [0.717, 1.165) is 10.2 Å². The number of carbonyl (C=O) groups excluding carboxylic acids is 1. The summed E-state index contributed by atoms with van der Waals surface area (Å²) in [5.41, 5.74) is 0.891. The Kier molecular flexibility index (Phi) is 3.10. The summed E-state index contributed by atoms with van der Waals surface area (Å²) in [5.74, 6) is 1.48. The van der Waals surface area contributed by atoms with Crippen LogP contribution in [0.25, 0.3) is 10.2 Å². The van der Waals surface area contributed by atoms with Crippen LogP contribution in [-0.4, -0.2) is 16.5 Å². The van der Waals surface area contributed by atoms with Crippen LogP contribution in [0.3, 0.4) is 0 Å². The van der Waals surface area contributed by atoms with Gasteiger partial charge in [-0.25, -0.2) is 0 Å². The Balaban J connectivity index is 1.51. The number of amides is 1. The number of rotatable bonds is 5. The van der Waals surface area contributed by atoms with Gasteiger partial charge in [0.1, 0.15) is 6.54 Å². The molecule has 1 N–H and O–H groups in total. The summed E-state index contributed by atoms with van der Waals surface area (Å²) >= 11 is 1.43. The Hall–Kier alpha value is -1.62. The van der Waals surface area contributed by atoms with E-state index >= 15 is 0 Å². The van der Waals surface area contributed by atoms with E-state index in [9.17, 15) is 9.59 Å². The summed E-state index contributed by atoms with van der Waals surface area (Å²) in [6, 6.07) is 3.84. The second kappa shape index (κ2) is 4.98. The van der Waals surface area contributed by atoms with Crippen LogP contribution in [0.15, 0.2) is 28.5 Å². The molecule has 2 fully saturated rings. The van der Waals surface area contributed by atoms with E-state index in [-0.39, 0.29) is 11.3 Å². The highest BCUT2D eigenvalue weighted by Crippen LogP contribution is 2.44. The molecule has 5 heteroatoms. The molecule has 0 saturated heterocycles. The molecule has 2 aliphatic rings. The number of carbonyl (C=O) groups is 1. The molecule has 0 bridgehead atoms. The zero-order valence-corrected chi connectivity index (χ0v) is 12.6. The van der Waals surface area contributed by atoms with Gasteiger partial charge in [0.15, 0.2) is 5.43 Å². The van der Waals surface area contributed by atoms with Crippen molar-refractivity contribution in [2.24, 2.45) is 11.8 Å². The van der Waals surface area contributed by atoms with Gasteiger partial charge >= 0.3 is 0 Å². The van der Waals surface area contributed by atoms with Gasteiger partial charge in [-0.15, -0.1) is 11.3 Å². The summed E-state index contributed by atoms with van der Waals surface area (Å²) in [4.78, 5) is 24.1. The molecule has 2 aliphatic carbocycles. The topological polar surface area (TPSA) is 51.1 Å². The van der Waals surface area contributed by atoms with Crippen molar-refractivity contribution >= 4 is 27.5 Å². The average molecular weight is 302 g/mol. The molecule has 110 valence electrons. The normalized spacial score (nSPS) is 18.3. The quantitative estimate of drug-likeness (QED) is 0.922. The fraction of sp³-hybridized carbons (Fsp3) is 0.500. The van der Waals surface area contributed by atoms with Gasteiger partial charge in [-0.05, 0) is 49.0 Å². The molecule has 21 heavy (non-hydrogen) atoms. The van der Waals surface area contributed by atoms with Crippen LogP contribution >= 0.6 is 11.3 Å². The number of pyridine rings is 1. The molecule has 2 aromatic rings. The zero-order valence-electron chi connectivity index (χ0n) is 11.7. The Labute approximate surface area is 126 Å². The maximum Gasteiger partial charge on any atom is 0.240 e. The molecular formula is C16H18N2O2S. The molecule has 0 unspecified atom stereocenters. The van der Waals surface area contributed by atoms with Gasteiger partial charge in [0, 0.05) is 18.3 Å². The second-order valence-corrected chi connectivity index (χ2v) is 7.13. The first-order valence-corrected chi connectivity index (χ1v) is 8.46. The summed E-state index contributed by atoms with van der Waals surface area (Å²) < 4.78 is 2.60. The van der Waals surface area contributed by atoms with E-state index in [1.54, 1.807) is 12.3 Å². The van der Waals surface area contributed by atoms with Crippen LogP contribution in [0.1, 0.15) is 25.7 Å². The minimum atomic E-state index is 0.0329. The molecule has 2 heterocycles. The van der Waals surface area contributed by atoms with Crippen LogP contribution < -0.4 is 10.7 Å². The van der Waals surface area contributed by atoms with Gasteiger partial charge < -0.3 is 9.88 Å². The van der Waals surface area contributed by atoms with Crippen LogP contribution in [0.2, 0.25) is 0 Å². The standard InChI is InChI=1S/C16H18N2O2S/c19-13-5-7-18(12-6-8-21-16(12)13)9-14(20)17-15(10-1-2-10)11-3-4-11/h5-8,10-11,15H,1-4,9H2,(H,17,20). The lowest BCUT2D eigenvalue weighted by molar-refractivity contribution is -0.122. The third-order valence-electron chi connectivity index (χ3n) is 4.48. The lowest BCUT2D eigenvalue weighted by Crippen LogP contribution is -2.40. The Morgan fingerprint density at radius 3 is 2.67 bits per heavy atom. The largest absolute Gasteiger partial charge is 0.351 e. The number of thiophene rings is 1. The first-order valence-electron chi connectivity index (χ1n) is 7.58. The van der Waals surface area contributed by atoms with Gasteiger partial charge in [0.2, 0.25) is 5.91 Å². The number of aromatic nitrogens is 1. The number of nitrogens with one attached hydrogen (secondary N) is 1. The van der Waals surface area contributed by atoms with Crippen LogP contribution in [0.4, 0.5) is 0 Å². The minimum absolute atomic E-state index is 0.0329. The Morgan fingerprint density at radius 2 is 2.00 bits per heavy atom. The third-order valence-corrected chi connectivity index (χ3v) is 5.40. The lowest BCUT2D eigenvalue weighted by atomic mass is 10.1. The number of hydrogen-bond acceptors (Lipinski definition) is 3. The molecule has 1 amide bonds. The smallest absolute Gasteiger partial charge is 0.240 e. The Bertz CT molecular complexity index is 728. The minimum Gasteiger partial charge on any atom is -0.351 e. The molecule has 0 aliphatic heterocycles. The summed E-state index contributed by atoms with van der Waals surface area (Å²) in [5, 5.41) is 5.13. The van der Waals surface area contributed by atoms with Crippen LogP contribution in [-0.2, 0) is 11.3 Å². The third kappa shape index (κ3) is 2.62. The van der Waals surface area contributed by atoms with Crippen molar-refractivity contribution in [2.45, 2.75) is 38.3 Å². The highest BCUT2D eigenvalue weighted by molar-refractivity contribution is 7.17. The van der Waals surface area contributed by atoms with Crippen LogP contribution in [0, 0.1) is 11.8 Å². The van der Waals surface area contributed by atoms with Crippen molar-refractivity contribution in [1.29, 1.82) is 0 Å². The van der Waals surface area contributed by atoms with Gasteiger partial charge in [-0.1, -0.05) is 0 Å². The van der Waals surface area contributed by atoms with Crippen molar-refractivity contribution < 1.29 is 4.79 Å². The second-order valence-electron chi connectivity index (χ2n) is 6.21. The number of nitrogens with zero attached hydrogens (tertiary/aromatic N) is 1. The zero-order chi connectivity index (χ0) is 14.4. The van der Waals surface area contributed by atoms with Crippen molar-refractivity contribution in [1.82, 2.24) is 9.88 Å². The lowest BCUT2D eigenvalue weighted by Gasteiger charge is -2.18.